The summed E-state index contributed by atoms with van der Waals surface area (Å²) in [6.45, 7) is 5.82. The summed E-state index contributed by atoms with van der Waals surface area (Å²) in [5, 5.41) is 0. The Hall–Kier alpha value is -2.33. The summed E-state index contributed by atoms with van der Waals surface area (Å²) in [4.78, 5) is 4.75. The minimum absolute atomic E-state index is 0.0179. The van der Waals surface area contributed by atoms with E-state index in [9.17, 15) is 0 Å². The van der Waals surface area contributed by atoms with Crippen LogP contribution in [0.1, 0.15) is 43.6 Å². The van der Waals surface area contributed by atoms with Crippen LogP contribution < -0.4 is 10.5 Å². The highest BCUT2D eigenvalue weighted by atomic mass is 16.5. The van der Waals surface area contributed by atoms with Gasteiger partial charge in [-0.15, -0.1) is 0 Å². The van der Waals surface area contributed by atoms with Crippen LogP contribution in [0, 0.1) is 6.92 Å². The molecule has 0 amide bonds. The quantitative estimate of drug-likeness (QED) is 0.611. The second-order valence-electron chi connectivity index (χ2n) is 6.45. The van der Waals surface area contributed by atoms with E-state index in [0.29, 0.717) is 0 Å². The Kier molecular flexibility index (Phi) is 5.71. The van der Waals surface area contributed by atoms with Gasteiger partial charge in [0.15, 0.2) is 0 Å². The molecule has 1 atom stereocenters. The maximum Gasteiger partial charge on any atom is 0.126 e. The highest BCUT2D eigenvalue weighted by molar-refractivity contribution is 5.76. The fourth-order valence-corrected chi connectivity index (χ4v) is 3.07. The van der Waals surface area contributed by atoms with Crippen LogP contribution in [0.4, 0.5) is 0 Å². The van der Waals surface area contributed by atoms with Crippen molar-refractivity contribution in [2.45, 2.75) is 45.7 Å². The van der Waals surface area contributed by atoms with Gasteiger partial charge in [0, 0.05) is 6.54 Å². The lowest BCUT2D eigenvalue weighted by Gasteiger charge is -2.14. The molecule has 0 aliphatic rings. The van der Waals surface area contributed by atoms with E-state index in [4.69, 9.17) is 15.5 Å². The van der Waals surface area contributed by atoms with Gasteiger partial charge in [-0.1, -0.05) is 37.3 Å². The Morgan fingerprint density at radius 2 is 1.84 bits per heavy atom. The molecule has 25 heavy (non-hydrogen) atoms. The molecule has 0 spiro atoms. The van der Waals surface area contributed by atoms with Gasteiger partial charge in [-0.2, -0.15) is 0 Å². The van der Waals surface area contributed by atoms with Crippen molar-refractivity contribution in [3.8, 4) is 5.75 Å². The number of rotatable bonds is 8. The molecule has 0 fully saturated rings. The number of hydrogen-bond donors (Lipinski definition) is 1. The van der Waals surface area contributed by atoms with Crippen molar-refractivity contribution in [2.75, 3.05) is 6.61 Å². The lowest BCUT2D eigenvalue weighted by Crippen LogP contribution is -2.16. The van der Waals surface area contributed by atoms with Crippen molar-refractivity contribution in [1.29, 1.82) is 0 Å². The molecule has 0 bridgehead atoms. The van der Waals surface area contributed by atoms with Gasteiger partial charge < -0.3 is 15.0 Å². The fourth-order valence-electron chi connectivity index (χ4n) is 3.07. The van der Waals surface area contributed by atoms with E-state index in [2.05, 4.69) is 42.7 Å². The molecule has 0 aliphatic carbocycles. The first kappa shape index (κ1) is 17.5. The highest BCUT2D eigenvalue weighted by Crippen LogP contribution is 2.22. The zero-order chi connectivity index (χ0) is 17.6. The molecule has 3 rings (SSSR count). The lowest BCUT2D eigenvalue weighted by atomic mass is 10.2. The van der Waals surface area contributed by atoms with Gasteiger partial charge in [-0.05, 0) is 49.9 Å². The number of aryl methyl sites for hydroxylation is 2. The molecule has 0 saturated heterocycles. The van der Waals surface area contributed by atoms with Crippen molar-refractivity contribution in [3.05, 3.63) is 59.9 Å². The number of ether oxygens (including phenoxy) is 1. The zero-order valence-corrected chi connectivity index (χ0v) is 15.1. The number of hydrogen-bond acceptors (Lipinski definition) is 3. The third-order valence-corrected chi connectivity index (χ3v) is 4.58. The molecule has 4 nitrogen and oxygen atoms in total. The van der Waals surface area contributed by atoms with E-state index < -0.39 is 0 Å². The SMILES string of the molecule is CCC(N)c1nc2ccccc2n1CCCCOc1ccccc1C. The number of nitrogens with two attached hydrogens (primary N) is 1. The fraction of sp³-hybridized carbons (Fsp3) is 0.381. The minimum atomic E-state index is -0.0179. The van der Waals surface area contributed by atoms with Crippen LogP contribution in [0.15, 0.2) is 48.5 Å². The molecule has 4 heteroatoms. The number of nitrogens with zero attached hydrogens (tertiary/aromatic N) is 2. The maximum absolute atomic E-state index is 6.27. The maximum atomic E-state index is 6.27. The molecule has 1 heterocycles. The standard InChI is InChI=1S/C21H27N3O/c1-3-17(22)21-23-18-11-5-6-12-19(18)24(21)14-8-9-15-25-20-13-7-4-10-16(20)2/h4-7,10-13,17H,3,8-9,14-15,22H2,1-2H3. The van der Waals surface area contributed by atoms with Crippen LogP contribution >= 0.6 is 0 Å². The lowest BCUT2D eigenvalue weighted by molar-refractivity contribution is 0.301. The Balaban J connectivity index is 1.62. The largest absolute Gasteiger partial charge is 0.493 e. The second-order valence-corrected chi connectivity index (χ2v) is 6.45. The number of benzene rings is 2. The van der Waals surface area contributed by atoms with Crippen molar-refractivity contribution in [3.63, 3.8) is 0 Å². The highest BCUT2D eigenvalue weighted by Gasteiger charge is 2.15. The van der Waals surface area contributed by atoms with E-state index in [1.807, 2.05) is 24.3 Å². The monoisotopic (exact) mass is 337 g/mol. The first-order chi connectivity index (χ1) is 12.2. The molecule has 132 valence electrons. The Morgan fingerprint density at radius 3 is 2.64 bits per heavy atom. The zero-order valence-electron chi connectivity index (χ0n) is 15.1. The first-order valence-electron chi connectivity index (χ1n) is 9.10. The van der Waals surface area contributed by atoms with Crippen molar-refractivity contribution in [1.82, 2.24) is 9.55 Å². The average Bonchev–Trinajstić information content (AvgIpc) is 3.01. The molecular formula is C21H27N3O. The van der Waals surface area contributed by atoms with Crippen LogP contribution in [-0.4, -0.2) is 16.2 Å². The molecular weight excluding hydrogens is 310 g/mol. The Labute approximate surface area is 149 Å². The van der Waals surface area contributed by atoms with Crippen LogP contribution in [0.3, 0.4) is 0 Å². The molecule has 3 aromatic rings. The van der Waals surface area contributed by atoms with Gasteiger partial charge in [0.2, 0.25) is 0 Å². The summed E-state index contributed by atoms with van der Waals surface area (Å²) in [6, 6.07) is 16.4. The van der Waals surface area contributed by atoms with Crippen LogP contribution in [0.2, 0.25) is 0 Å². The van der Waals surface area contributed by atoms with Gasteiger partial charge in [0.05, 0.1) is 23.7 Å². The smallest absolute Gasteiger partial charge is 0.126 e. The molecule has 1 aromatic heterocycles. The third kappa shape index (κ3) is 4.02. The molecule has 0 radical (unpaired) electrons. The molecule has 2 N–H and O–H groups in total. The number of unbranched alkanes of at least 4 members (excludes halogenated alkanes) is 1. The van der Waals surface area contributed by atoms with Crippen molar-refractivity contribution >= 4 is 11.0 Å². The average molecular weight is 337 g/mol. The topological polar surface area (TPSA) is 53.1 Å². The van der Waals surface area contributed by atoms with E-state index in [1.165, 1.54) is 11.1 Å². The van der Waals surface area contributed by atoms with Gasteiger partial charge in [0.1, 0.15) is 11.6 Å². The molecule has 1 unspecified atom stereocenters. The number of imidazole rings is 1. The van der Waals surface area contributed by atoms with Crippen LogP contribution in [-0.2, 0) is 6.54 Å². The second kappa shape index (κ2) is 8.17. The summed E-state index contributed by atoms with van der Waals surface area (Å²) in [5.74, 6) is 1.97. The van der Waals surface area contributed by atoms with Gasteiger partial charge >= 0.3 is 0 Å². The Bertz CT molecular complexity index is 825. The predicted molar refractivity (Wildman–Crippen MR) is 103 cm³/mol. The van der Waals surface area contributed by atoms with E-state index in [1.54, 1.807) is 0 Å². The van der Waals surface area contributed by atoms with Crippen LogP contribution in [0.5, 0.6) is 5.75 Å². The number of fused-ring (bicyclic) bond motifs is 1. The number of aromatic nitrogens is 2. The van der Waals surface area contributed by atoms with Gasteiger partial charge in [-0.3, -0.25) is 0 Å². The molecule has 0 aliphatic heterocycles. The van der Waals surface area contributed by atoms with Gasteiger partial charge in [-0.25, -0.2) is 4.98 Å². The molecule has 0 saturated carbocycles. The number of para-hydroxylation sites is 3. The normalized spacial score (nSPS) is 12.4. The van der Waals surface area contributed by atoms with E-state index >= 15 is 0 Å². The van der Waals surface area contributed by atoms with E-state index in [0.717, 1.165) is 49.5 Å². The van der Waals surface area contributed by atoms with Crippen LogP contribution in [0.25, 0.3) is 11.0 Å². The van der Waals surface area contributed by atoms with E-state index in [-0.39, 0.29) is 6.04 Å². The predicted octanol–water partition coefficient (Wildman–Crippen LogP) is 4.61. The summed E-state index contributed by atoms with van der Waals surface area (Å²) in [6.07, 6.45) is 2.93. The van der Waals surface area contributed by atoms with Crippen molar-refractivity contribution < 1.29 is 4.74 Å². The molecule has 2 aromatic carbocycles. The minimum Gasteiger partial charge on any atom is -0.493 e. The summed E-state index contributed by atoms with van der Waals surface area (Å²) >= 11 is 0. The summed E-state index contributed by atoms with van der Waals surface area (Å²) in [7, 11) is 0. The summed E-state index contributed by atoms with van der Waals surface area (Å²) in [5.41, 5.74) is 9.65. The Morgan fingerprint density at radius 1 is 1.08 bits per heavy atom. The summed E-state index contributed by atoms with van der Waals surface area (Å²) < 4.78 is 8.17. The van der Waals surface area contributed by atoms with Crippen molar-refractivity contribution in [2.24, 2.45) is 5.73 Å². The third-order valence-electron chi connectivity index (χ3n) is 4.58. The van der Waals surface area contributed by atoms with Gasteiger partial charge in [0.25, 0.3) is 0 Å². The first-order valence-corrected chi connectivity index (χ1v) is 9.10.